The van der Waals surface area contributed by atoms with Crippen molar-refractivity contribution in [2.24, 2.45) is 0 Å². The Morgan fingerprint density at radius 1 is 1.11 bits per heavy atom. The highest BCUT2D eigenvalue weighted by molar-refractivity contribution is 7.17. The van der Waals surface area contributed by atoms with Crippen LogP contribution in [0.15, 0.2) is 53.5 Å². The minimum Gasteiger partial charge on any atom is -0.348 e. The van der Waals surface area contributed by atoms with Gasteiger partial charge < -0.3 is 5.32 Å². The molecule has 0 saturated heterocycles. The molecule has 0 saturated carbocycles. The lowest BCUT2D eigenvalue weighted by atomic mass is 10.0. The molecule has 6 heteroatoms. The molecule has 2 aromatic carbocycles. The van der Waals surface area contributed by atoms with Gasteiger partial charge in [0.2, 0.25) is 0 Å². The van der Waals surface area contributed by atoms with Crippen molar-refractivity contribution in [3.05, 3.63) is 80.7 Å². The first-order valence-corrected chi connectivity index (χ1v) is 10.3. The van der Waals surface area contributed by atoms with E-state index in [0.717, 1.165) is 47.7 Å². The number of carbonyl (C=O) groups is 1. The zero-order valence-electron chi connectivity index (χ0n) is 15.3. The third kappa shape index (κ3) is 2.81. The summed E-state index contributed by atoms with van der Waals surface area (Å²) in [4.78, 5) is 32.0. The van der Waals surface area contributed by atoms with Gasteiger partial charge in [0.1, 0.15) is 5.56 Å². The molecular weight excluding hydrogens is 370 g/mol. The van der Waals surface area contributed by atoms with Crippen LogP contribution in [0, 0.1) is 0 Å². The number of carbonyl (C=O) groups excluding carboxylic acids is 1. The Labute approximate surface area is 165 Å². The van der Waals surface area contributed by atoms with Crippen molar-refractivity contribution in [3.63, 3.8) is 0 Å². The summed E-state index contributed by atoms with van der Waals surface area (Å²) in [6, 6.07) is 14.1. The smallest absolute Gasteiger partial charge is 0.271 e. The van der Waals surface area contributed by atoms with Gasteiger partial charge in [-0.05, 0) is 42.0 Å². The molecule has 28 heavy (non-hydrogen) atoms. The molecule has 2 aromatic heterocycles. The topological polar surface area (TPSA) is 63.5 Å². The standard InChI is InChI=1S/C22H19N3O2S/c26-20(23-12-15-8-5-7-14-6-1-2-9-16(14)15)17-13-24-22-25(21(17)27)18-10-3-4-11-19(18)28-22/h1-2,5-9,13H,3-4,10-12H2,(H,23,26). The van der Waals surface area contributed by atoms with Crippen molar-refractivity contribution in [3.8, 4) is 0 Å². The Balaban J connectivity index is 1.46. The number of rotatable bonds is 3. The Morgan fingerprint density at radius 3 is 2.86 bits per heavy atom. The van der Waals surface area contributed by atoms with Gasteiger partial charge in [0.15, 0.2) is 4.96 Å². The number of benzene rings is 2. The quantitative estimate of drug-likeness (QED) is 0.581. The van der Waals surface area contributed by atoms with Gasteiger partial charge in [-0.1, -0.05) is 42.5 Å². The van der Waals surface area contributed by atoms with Crippen LogP contribution < -0.4 is 10.9 Å². The number of nitrogens with one attached hydrogen (secondary N) is 1. The summed E-state index contributed by atoms with van der Waals surface area (Å²) in [5.74, 6) is -0.379. The second kappa shape index (κ2) is 6.87. The van der Waals surface area contributed by atoms with Gasteiger partial charge in [0.25, 0.3) is 11.5 Å². The van der Waals surface area contributed by atoms with Crippen molar-refractivity contribution in [2.45, 2.75) is 32.2 Å². The summed E-state index contributed by atoms with van der Waals surface area (Å²) in [5, 5.41) is 5.12. The van der Waals surface area contributed by atoms with E-state index in [1.807, 2.05) is 42.5 Å². The normalized spacial score (nSPS) is 13.6. The number of fused-ring (bicyclic) bond motifs is 4. The van der Waals surface area contributed by atoms with E-state index >= 15 is 0 Å². The van der Waals surface area contributed by atoms with E-state index in [2.05, 4.69) is 10.3 Å². The van der Waals surface area contributed by atoms with Crippen LogP contribution in [0.5, 0.6) is 0 Å². The number of hydrogen-bond acceptors (Lipinski definition) is 4. The molecule has 0 bridgehead atoms. The highest BCUT2D eigenvalue weighted by Gasteiger charge is 2.21. The minimum absolute atomic E-state index is 0.101. The van der Waals surface area contributed by atoms with E-state index in [9.17, 15) is 9.59 Å². The van der Waals surface area contributed by atoms with Crippen LogP contribution in [-0.4, -0.2) is 15.3 Å². The highest BCUT2D eigenvalue weighted by Crippen LogP contribution is 2.28. The molecule has 0 spiro atoms. The largest absolute Gasteiger partial charge is 0.348 e. The zero-order chi connectivity index (χ0) is 19.1. The van der Waals surface area contributed by atoms with Crippen LogP contribution in [0.1, 0.15) is 39.3 Å². The Morgan fingerprint density at radius 2 is 1.93 bits per heavy atom. The van der Waals surface area contributed by atoms with E-state index in [-0.39, 0.29) is 17.0 Å². The first-order chi connectivity index (χ1) is 13.7. The van der Waals surface area contributed by atoms with Crippen molar-refractivity contribution < 1.29 is 4.79 Å². The molecular formula is C22H19N3O2S. The fourth-order valence-electron chi connectivity index (χ4n) is 3.94. The van der Waals surface area contributed by atoms with Crippen LogP contribution in [0.2, 0.25) is 0 Å². The van der Waals surface area contributed by atoms with E-state index in [1.165, 1.54) is 11.1 Å². The van der Waals surface area contributed by atoms with Gasteiger partial charge in [0, 0.05) is 23.3 Å². The van der Waals surface area contributed by atoms with Gasteiger partial charge in [-0.2, -0.15) is 0 Å². The maximum absolute atomic E-state index is 13.0. The average Bonchev–Trinajstić information content (AvgIpc) is 3.11. The van der Waals surface area contributed by atoms with E-state index < -0.39 is 0 Å². The molecule has 140 valence electrons. The SMILES string of the molecule is O=C(NCc1cccc2ccccc12)c1cnc2sc3c(n2c1=O)CCCC3. The summed E-state index contributed by atoms with van der Waals surface area (Å²) in [7, 11) is 0. The van der Waals surface area contributed by atoms with Crippen LogP contribution in [-0.2, 0) is 19.4 Å². The highest BCUT2D eigenvalue weighted by atomic mass is 32.1. The van der Waals surface area contributed by atoms with Gasteiger partial charge in [-0.3, -0.25) is 14.0 Å². The molecule has 1 N–H and O–H groups in total. The Kier molecular flexibility index (Phi) is 4.20. The summed E-state index contributed by atoms with van der Waals surface area (Å²) < 4.78 is 1.64. The molecule has 0 radical (unpaired) electrons. The molecule has 4 aromatic rings. The summed E-state index contributed by atoms with van der Waals surface area (Å²) >= 11 is 1.57. The second-order valence-corrected chi connectivity index (χ2v) is 8.16. The predicted octanol–water partition coefficient (Wildman–Crippen LogP) is 3.72. The number of hydrogen-bond donors (Lipinski definition) is 1. The average molecular weight is 389 g/mol. The maximum atomic E-state index is 13.0. The third-order valence-electron chi connectivity index (χ3n) is 5.37. The number of aromatic nitrogens is 2. The second-order valence-electron chi connectivity index (χ2n) is 7.09. The van der Waals surface area contributed by atoms with Crippen LogP contribution in [0.4, 0.5) is 0 Å². The fraction of sp³-hybridized carbons (Fsp3) is 0.227. The maximum Gasteiger partial charge on any atom is 0.271 e. The van der Waals surface area contributed by atoms with Crippen molar-refractivity contribution in [1.29, 1.82) is 0 Å². The van der Waals surface area contributed by atoms with Crippen LogP contribution in [0.25, 0.3) is 15.7 Å². The van der Waals surface area contributed by atoms with Gasteiger partial charge >= 0.3 is 0 Å². The molecule has 5 nitrogen and oxygen atoms in total. The zero-order valence-corrected chi connectivity index (χ0v) is 16.1. The number of thiazole rings is 1. The molecule has 0 fully saturated rings. The summed E-state index contributed by atoms with van der Waals surface area (Å²) in [6.45, 7) is 0.365. The molecule has 5 rings (SSSR count). The van der Waals surface area contributed by atoms with Crippen molar-refractivity contribution in [1.82, 2.24) is 14.7 Å². The summed E-state index contributed by atoms with van der Waals surface area (Å²) in [6.07, 6.45) is 5.50. The Bertz CT molecular complexity index is 1270. The summed E-state index contributed by atoms with van der Waals surface area (Å²) in [5.41, 5.74) is 1.89. The van der Waals surface area contributed by atoms with E-state index in [1.54, 1.807) is 15.7 Å². The predicted molar refractivity (Wildman–Crippen MR) is 111 cm³/mol. The molecule has 0 atom stereocenters. The third-order valence-corrected chi connectivity index (χ3v) is 6.52. The van der Waals surface area contributed by atoms with Crippen molar-refractivity contribution in [2.75, 3.05) is 0 Å². The Hall–Kier alpha value is -2.99. The molecule has 2 heterocycles. The molecule has 1 amide bonds. The van der Waals surface area contributed by atoms with E-state index in [0.29, 0.717) is 11.5 Å². The molecule has 0 aliphatic heterocycles. The lowest BCUT2D eigenvalue weighted by molar-refractivity contribution is 0.0949. The number of nitrogens with zero attached hydrogens (tertiary/aromatic N) is 2. The van der Waals surface area contributed by atoms with Gasteiger partial charge in [-0.15, -0.1) is 11.3 Å². The minimum atomic E-state index is -0.379. The number of amides is 1. The van der Waals surface area contributed by atoms with Gasteiger partial charge in [-0.25, -0.2) is 4.98 Å². The fourth-order valence-corrected chi connectivity index (χ4v) is 5.11. The number of aryl methyl sites for hydroxylation is 2. The lowest BCUT2D eigenvalue weighted by Crippen LogP contribution is -2.31. The first kappa shape index (κ1) is 17.1. The molecule has 1 aliphatic carbocycles. The van der Waals surface area contributed by atoms with Gasteiger partial charge in [0.05, 0.1) is 0 Å². The first-order valence-electron chi connectivity index (χ1n) is 9.49. The van der Waals surface area contributed by atoms with E-state index in [4.69, 9.17) is 0 Å². The monoisotopic (exact) mass is 389 g/mol. The lowest BCUT2D eigenvalue weighted by Gasteiger charge is -2.11. The van der Waals surface area contributed by atoms with Crippen molar-refractivity contribution >= 4 is 33.0 Å². The molecule has 1 aliphatic rings. The van der Waals surface area contributed by atoms with Crippen LogP contribution >= 0.6 is 11.3 Å². The molecule has 0 unspecified atom stereocenters. The van der Waals surface area contributed by atoms with Crippen LogP contribution in [0.3, 0.4) is 0 Å².